The van der Waals surface area contributed by atoms with Gasteiger partial charge in [0.15, 0.2) is 0 Å². The topological polar surface area (TPSA) is 50.9 Å². The van der Waals surface area contributed by atoms with E-state index in [4.69, 9.17) is 5.11 Å². The zero-order chi connectivity index (χ0) is 11.5. The Kier molecular flexibility index (Phi) is 3.01. The second kappa shape index (κ2) is 4.45. The Morgan fingerprint density at radius 3 is 2.81 bits per heavy atom. The van der Waals surface area contributed by atoms with Crippen LogP contribution >= 0.6 is 0 Å². The first-order valence-electron chi connectivity index (χ1n) is 5.33. The molecule has 1 heterocycles. The van der Waals surface area contributed by atoms with Crippen molar-refractivity contribution in [1.29, 1.82) is 0 Å². The maximum Gasteiger partial charge on any atom is 0.109 e. The fourth-order valence-electron chi connectivity index (χ4n) is 1.52. The minimum Gasteiger partial charge on any atom is -0.390 e. The van der Waals surface area contributed by atoms with Gasteiger partial charge in [0.2, 0.25) is 0 Å². The Hall–Kier alpha value is -1.68. The van der Waals surface area contributed by atoms with Crippen LogP contribution in [0.5, 0.6) is 0 Å². The third-order valence-corrected chi connectivity index (χ3v) is 2.50. The van der Waals surface area contributed by atoms with Gasteiger partial charge in [0.05, 0.1) is 18.5 Å². The molecule has 4 nitrogen and oxygen atoms in total. The highest BCUT2D eigenvalue weighted by molar-refractivity contribution is 5.36. The standard InChI is InChI=1S/C12H15N3O/c1-9(2)10-4-3-5-12(6-10)15-7-11(8-16)13-14-15/h3-7,9,16H,8H2,1-2H3. The SMILES string of the molecule is CC(C)c1cccc(-n2cc(CO)nn2)c1. The Labute approximate surface area is 94.5 Å². The first-order valence-corrected chi connectivity index (χ1v) is 5.33. The first-order chi connectivity index (χ1) is 7.70. The molecule has 0 saturated carbocycles. The van der Waals surface area contributed by atoms with Gasteiger partial charge in [0, 0.05) is 0 Å². The molecule has 1 aromatic carbocycles. The van der Waals surface area contributed by atoms with Crippen LogP contribution in [0.25, 0.3) is 5.69 Å². The van der Waals surface area contributed by atoms with Crippen LogP contribution in [0.2, 0.25) is 0 Å². The van der Waals surface area contributed by atoms with Crippen LogP contribution in [0.3, 0.4) is 0 Å². The number of hydrogen-bond acceptors (Lipinski definition) is 3. The Balaban J connectivity index is 2.36. The van der Waals surface area contributed by atoms with Crippen LogP contribution in [-0.4, -0.2) is 20.1 Å². The molecule has 0 spiro atoms. The lowest BCUT2D eigenvalue weighted by molar-refractivity contribution is 0.276. The average Bonchev–Trinajstić information content (AvgIpc) is 2.77. The van der Waals surface area contributed by atoms with Crippen molar-refractivity contribution in [2.75, 3.05) is 0 Å². The van der Waals surface area contributed by atoms with Crippen LogP contribution in [0.4, 0.5) is 0 Å². The largest absolute Gasteiger partial charge is 0.390 e. The maximum absolute atomic E-state index is 8.92. The minimum atomic E-state index is -0.0795. The second-order valence-corrected chi connectivity index (χ2v) is 4.06. The lowest BCUT2D eigenvalue weighted by Gasteiger charge is -2.07. The van der Waals surface area contributed by atoms with E-state index in [-0.39, 0.29) is 6.61 Å². The summed E-state index contributed by atoms with van der Waals surface area (Å²) >= 11 is 0. The third-order valence-electron chi connectivity index (χ3n) is 2.50. The van der Waals surface area contributed by atoms with Gasteiger partial charge >= 0.3 is 0 Å². The molecule has 16 heavy (non-hydrogen) atoms. The average molecular weight is 217 g/mol. The van der Waals surface area contributed by atoms with Gasteiger partial charge in [-0.3, -0.25) is 0 Å². The number of nitrogens with zero attached hydrogens (tertiary/aromatic N) is 3. The third kappa shape index (κ3) is 2.12. The molecule has 1 N–H and O–H groups in total. The number of aliphatic hydroxyl groups is 1. The van der Waals surface area contributed by atoms with E-state index >= 15 is 0 Å². The lowest BCUT2D eigenvalue weighted by Crippen LogP contribution is -1.97. The van der Waals surface area contributed by atoms with Crippen molar-refractivity contribution in [2.45, 2.75) is 26.4 Å². The van der Waals surface area contributed by atoms with Crippen LogP contribution in [-0.2, 0) is 6.61 Å². The van der Waals surface area contributed by atoms with E-state index in [0.717, 1.165) is 5.69 Å². The van der Waals surface area contributed by atoms with E-state index in [1.165, 1.54) is 5.56 Å². The molecule has 4 heteroatoms. The summed E-state index contributed by atoms with van der Waals surface area (Å²) in [7, 11) is 0. The summed E-state index contributed by atoms with van der Waals surface area (Å²) in [6.07, 6.45) is 1.74. The number of aliphatic hydroxyl groups excluding tert-OH is 1. The van der Waals surface area contributed by atoms with Crippen LogP contribution in [0.15, 0.2) is 30.5 Å². The van der Waals surface area contributed by atoms with Crippen molar-refractivity contribution >= 4 is 0 Å². The molecule has 0 aliphatic rings. The van der Waals surface area contributed by atoms with Crippen LogP contribution < -0.4 is 0 Å². The Morgan fingerprint density at radius 1 is 1.38 bits per heavy atom. The highest BCUT2D eigenvalue weighted by Gasteiger charge is 2.04. The smallest absolute Gasteiger partial charge is 0.109 e. The normalized spacial score (nSPS) is 11.0. The van der Waals surface area contributed by atoms with Gasteiger partial charge in [0.1, 0.15) is 5.69 Å². The van der Waals surface area contributed by atoms with Crippen LogP contribution in [0.1, 0.15) is 31.0 Å². The number of benzene rings is 1. The zero-order valence-corrected chi connectivity index (χ0v) is 9.46. The molecular formula is C12H15N3O. The molecule has 0 atom stereocenters. The molecule has 0 amide bonds. The highest BCUT2D eigenvalue weighted by Crippen LogP contribution is 2.17. The Morgan fingerprint density at radius 2 is 2.19 bits per heavy atom. The quantitative estimate of drug-likeness (QED) is 0.854. The first kappa shape index (κ1) is 10.8. The van der Waals surface area contributed by atoms with Gasteiger partial charge in [-0.2, -0.15) is 0 Å². The predicted molar refractivity (Wildman–Crippen MR) is 61.4 cm³/mol. The zero-order valence-electron chi connectivity index (χ0n) is 9.46. The second-order valence-electron chi connectivity index (χ2n) is 4.06. The van der Waals surface area contributed by atoms with Gasteiger partial charge < -0.3 is 5.11 Å². The summed E-state index contributed by atoms with van der Waals surface area (Å²) < 4.78 is 1.68. The van der Waals surface area contributed by atoms with Crippen molar-refractivity contribution in [3.63, 3.8) is 0 Å². The van der Waals surface area contributed by atoms with E-state index in [0.29, 0.717) is 11.6 Å². The van der Waals surface area contributed by atoms with Crippen molar-refractivity contribution < 1.29 is 5.11 Å². The van der Waals surface area contributed by atoms with E-state index in [1.54, 1.807) is 10.9 Å². The molecule has 0 unspecified atom stereocenters. The summed E-state index contributed by atoms with van der Waals surface area (Å²) in [6.45, 7) is 4.23. The molecule has 1 aromatic heterocycles. The fraction of sp³-hybridized carbons (Fsp3) is 0.333. The van der Waals surface area contributed by atoms with Crippen LogP contribution in [0, 0.1) is 0 Å². The molecule has 0 bridgehead atoms. The molecule has 2 rings (SSSR count). The fourth-order valence-corrected chi connectivity index (χ4v) is 1.52. The molecular weight excluding hydrogens is 202 g/mol. The Bertz CT molecular complexity index is 477. The van der Waals surface area contributed by atoms with E-state index in [2.05, 4.69) is 36.3 Å². The van der Waals surface area contributed by atoms with Gasteiger partial charge in [-0.25, -0.2) is 4.68 Å². The monoisotopic (exact) mass is 217 g/mol. The van der Waals surface area contributed by atoms with Crippen molar-refractivity contribution in [1.82, 2.24) is 15.0 Å². The summed E-state index contributed by atoms with van der Waals surface area (Å²) in [5.41, 5.74) is 2.81. The van der Waals surface area contributed by atoms with Crippen molar-refractivity contribution in [2.24, 2.45) is 0 Å². The molecule has 0 aliphatic carbocycles. The summed E-state index contributed by atoms with van der Waals surface area (Å²) in [6, 6.07) is 8.16. The highest BCUT2D eigenvalue weighted by atomic mass is 16.3. The van der Waals surface area contributed by atoms with Gasteiger partial charge in [-0.05, 0) is 23.6 Å². The van der Waals surface area contributed by atoms with E-state index < -0.39 is 0 Å². The molecule has 0 radical (unpaired) electrons. The van der Waals surface area contributed by atoms with E-state index in [1.807, 2.05) is 12.1 Å². The van der Waals surface area contributed by atoms with Gasteiger partial charge in [0.25, 0.3) is 0 Å². The predicted octanol–water partition coefficient (Wildman–Crippen LogP) is 1.88. The molecule has 0 saturated heterocycles. The van der Waals surface area contributed by atoms with Gasteiger partial charge in [-0.1, -0.05) is 31.2 Å². The molecule has 0 aliphatic heterocycles. The summed E-state index contributed by atoms with van der Waals surface area (Å²) in [4.78, 5) is 0. The maximum atomic E-state index is 8.92. The molecule has 0 fully saturated rings. The molecule has 2 aromatic rings. The number of rotatable bonds is 3. The van der Waals surface area contributed by atoms with Crippen molar-refractivity contribution in [3.05, 3.63) is 41.7 Å². The number of aromatic nitrogens is 3. The van der Waals surface area contributed by atoms with Gasteiger partial charge in [-0.15, -0.1) is 5.10 Å². The molecule has 84 valence electrons. The summed E-state index contributed by atoms with van der Waals surface area (Å²) in [5, 5.41) is 16.7. The lowest BCUT2D eigenvalue weighted by atomic mass is 10.0. The minimum absolute atomic E-state index is 0.0795. The van der Waals surface area contributed by atoms with Crippen molar-refractivity contribution in [3.8, 4) is 5.69 Å². The van der Waals surface area contributed by atoms with E-state index in [9.17, 15) is 0 Å². The number of hydrogen-bond donors (Lipinski definition) is 1. The summed E-state index contributed by atoms with van der Waals surface area (Å²) in [5.74, 6) is 0.487.